The predicted molar refractivity (Wildman–Crippen MR) is 110 cm³/mol. The second-order valence-electron chi connectivity index (χ2n) is 7.35. The van der Waals surface area contributed by atoms with E-state index in [2.05, 4.69) is 10.2 Å². The fraction of sp³-hybridized carbons (Fsp3) is 0.364. The zero-order valence-corrected chi connectivity index (χ0v) is 16.6. The van der Waals surface area contributed by atoms with Crippen LogP contribution in [0.25, 0.3) is 0 Å². The van der Waals surface area contributed by atoms with Crippen LogP contribution in [0.15, 0.2) is 48.5 Å². The molecule has 0 saturated carbocycles. The van der Waals surface area contributed by atoms with Crippen LogP contribution in [0.2, 0.25) is 0 Å². The van der Waals surface area contributed by atoms with Crippen LogP contribution in [-0.2, 0) is 14.3 Å². The number of anilines is 2. The molecule has 1 N–H and O–H groups in total. The highest BCUT2D eigenvalue weighted by Gasteiger charge is 2.35. The Kier molecular flexibility index (Phi) is 6.13. The van der Waals surface area contributed by atoms with Gasteiger partial charge < -0.3 is 24.6 Å². The molecule has 2 fully saturated rings. The maximum absolute atomic E-state index is 13.5. The molecule has 2 saturated heterocycles. The maximum Gasteiger partial charge on any atom is 0.260 e. The minimum absolute atomic E-state index is 0.0428. The van der Waals surface area contributed by atoms with Crippen molar-refractivity contribution in [2.45, 2.75) is 0 Å². The van der Waals surface area contributed by atoms with Crippen molar-refractivity contribution < 1.29 is 23.5 Å². The molecule has 2 aromatic carbocycles. The monoisotopic (exact) mass is 413 g/mol. The SMILES string of the molecule is O=C(Nc1ccc(N2CCOCC2)cc1)C1CN(C(=O)COc2ccccc2F)C1. The van der Waals surface area contributed by atoms with Crippen LogP contribution >= 0.6 is 0 Å². The number of benzene rings is 2. The molecule has 7 nitrogen and oxygen atoms in total. The van der Waals surface area contributed by atoms with Gasteiger partial charge in [-0.1, -0.05) is 12.1 Å². The summed E-state index contributed by atoms with van der Waals surface area (Å²) in [5, 5.41) is 2.90. The fourth-order valence-electron chi connectivity index (χ4n) is 3.46. The Morgan fingerprint density at radius 1 is 1.07 bits per heavy atom. The lowest BCUT2D eigenvalue weighted by Crippen LogP contribution is -2.55. The van der Waals surface area contributed by atoms with Gasteiger partial charge in [0.2, 0.25) is 5.91 Å². The summed E-state index contributed by atoms with van der Waals surface area (Å²) in [6.07, 6.45) is 0. The highest BCUT2D eigenvalue weighted by Crippen LogP contribution is 2.22. The minimum Gasteiger partial charge on any atom is -0.481 e. The molecular weight excluding hydrogens is 389 g/mol. The molecule has 0 radical (unpaired) electrons. The van der Waals surface area contributed by atoms with Gasteiger partial charge in [-0.2, -0.15) is 0 Å². The van der Waals surface area contributed by atoms with Gasteiger partial charge in [0.05, 0.1) is 19.1 Å². The molecule has 2 aliphatic heterocycles. The van der Waals surface area contributed by atoms with Crippen LogP contribution < -0.4 is 15.0 Å². The number of carbonyl (C=O) groups is 2. The van der Waals surface area contributed by atoms with Gasteiger partial charge in [-0.3, -0.25) is 9.59 Å². The molecule has 0 aliphatic carbocycles. The van der Waals surface area contributed by atoms with Crippen LogP contribution in [0.4, 0.5) is 15.8 Å². The Morgan fingerprint density at radius 2 is 1.77 bits per heavy atom. The van der Waals surface area contributed by atoms with E-state index in [1.54, 1.807) is 12.1 Å². The normalized spacial score (nSPS) is 16.7. The zero-order valence-electron chi connectivity index (χ0n) is 16.6. The minimum atomic E-state index is -0.509. The Hall–Kier alpha value is -3.13. The lowest BCUT2D eigenvalue weighted by atomic mass is 9.99. The van der Waals surface area contributed by atoms with Gasteiger partial charge in [-0.25, -0.2) is 4.39 Å². The summed E-state index contributed by atoms with van der Waals surface area (Å²) in [7, 11) is 0. The van der Waals surface area contributed by atoms with Crippen molar-refractivity contribution in [3.8, 4) is 5.75 Å². The molecule has 2 amide bonds. The second-order valence-corrected chi connectivity index (χ2v) is 7.35. The number of nitrogens with zero attached hydrogens (tertiary/aromatic N) is 2. The van der Waals surface area contributed by atoms with Crippen molar-refractivity contribution in [1.82, 2.24) is 4.90 Å². The van der Waals surface area contributed by atoms with Gasteiger partial charge in [0.25, 0.3) is 5.91 Å². The maximum atomic E-state index is 13.5. The molecule has 158 valence electrons. The highest BCUT2D eigenvalue weighted by molar-refractivity contribution is 5.95. The number of para-hydroxylation sites is 1. The number of likely N-dealkylation sites (tertiary alicyclic amines) is 1. The lowest BCUT2D eigenvalue weighted by Gasteiger charge is -2.38. The molecule has 0 bridgehead atoms. The smallest absolute Gasteiger partial charge is 0.260 e. The van der Waals surface area contributed by atoms with E-state index in [1.807, 2.05) is 24.3 Å². The third kappa shape index (κ3) is 4.71. The third-order valence-corrected chi connectivity index (χ3v) is 5.30. The molecule has 2 aromatic rings. The average Bonchev–Trinajstić information content (AvgIpc) is 2.73. The number of rotatable bonds is 6. The summed E-state index contributed by atoms with van der Waals surface area (Å²) in [4.78, 5) is 28.4. The summed E-state index contributed by atoms with van der Waals surface area (Å²) < 4.78 is 24.1. The molecular formula is C22H24FN3O4. The van der Waals surface area contributed by atoms with Gasteiger partial charge in [0.15, 0.2) is 18.2 Å². The van der Waals surface area contributed by atoms with Crippen molar-refractivity contribution in [3.05, 3.63) is 54.3 Å². The summed E-state index contributed by atoms with van der Waals surface area (Å²) in [6.45, 7) is 3.57. The van der Waals surface area contributed by atoms with Crippen LogP contribution in [0.5, 0.6) is 5.75 Å². The standard InChI is InChI=1S/C22H24FN3O4/c23-19-3-1-2-4-20(19)30-15-21(27)26-13-16(14-26)22(28)24-17-5-7-18(8-6-17)25-9-11-29-12-10-25/h1-8,16H,9-15H2,(H,24,28). The first-order chi connectivity index (χ1) is 14.6. The number of morpholine rings is 1. The Bertz CT molecular complexity index is 894. The van der Waals surface area contributed by atoms with Crippen molar-refractivity contribution in [2.24, 2.45) is 5.92 Å². The predicted octanol–water partition coefficient (Wildman–Crippen LogP) is 2.14. The van der Waals surface area contributed by atoms with Crippen LogP contribution in [0.1, 0.15) is 0 Å². The molecule has 0 atom stereocenters. The number of hydrogen-bond acceptors (Lipinski definition) is 5. The molecule has 0 aromatic heterocycles. The number of carbonyl (C=O) groups excluding carboxylic acids is 2. The molecule has 30 heavy (non-hydrogen) atoms. The Labute approximate surface area is 174 Å². The van der Waals surface area contributed by atoms with Crippen LogP contribution in [0.3, 0.4) is 0 Å². The average molecular weight is 413 g/mol. The van der Waals surface area contributed by atoms with Gasteiger partial charge in [0, 0.05) is 37.6 Å². The molecule has 2 aliphatic rings. The molecule has 0 spiro atoms. The first-order valence-corrected chi connectivity index (χ1v) is 9.99. The van der Waals surface area contributed by atoms with E-state index in [-0.39, 0.29) is 30.1 Å². The first kappa shape index (κ1) is 20.2. The number of ether oxygens (including phenoxy) is 2. The summed E-state index contributed by atoms with van der Waals surface area (Å²) in [5.41, 5.74) is 1.83. The molecule has 4 rings (SSSR count). The van der Waals surface area contributed by atoms with Crippen molar-refractivity contribution in [1.29, 1.82) is 0 Å². The van der Waals surface area contributed by atoms with Crippen molar-refractivity contribution >= 4 is 23.2 Å². The zero-order chi connectivity index (χ0) is 20.9. The first-order valence-electron chi connectivity index (χ1n) is 9.99. The summed E-state index contributed by atoms with van der Waals surface area (Å²) >= 11 is 0. The number of amides is 2. The second kappa shape index (κ2) is 9.13. The van der Waals surface area contributed by atoms with Crippen LogP contribution in [0, 0.1) is 11.7 Å². The highest BCUT2D eigenvalue weighted by atomic mass is 19.1. The third-order valence-electron chi connectivity index (χ3n) is 5.30. The number of nitrogens with one attached hydrogen (secondary N) is 1. The van der Waals surface area contributed by atoms with E-state index < -0.39 is 5.82 Å². The summed E-state index contributed by atoms with van der Waals surface area (Å²) in [6, 6.07) is 13.7. The van der Waals surface area contributed by atoms with E-state index in [1.165, 1.54) is 17.0 Å². The largest absolute Gasteiger partial charge is 0.481 e. The van der Waals surface area contributed by atoms with Gasteiger partial charge in [0.1, 0.15) is 0 Å². The van der Waals surface area contributed by atoms with Crippen LogP contribution in [-0.4, -0.2) is 62.7 Å². The van der Waals surface area contributed by atoms with Crippen molar-refractivity contribution in [3.63, 3.8) is 0 Å². The topological polar surface area (TPSA) is 71.1 Å². The number of hydrogen-bond donors (Lipinski definition) is 1. The fourth-order valence-corrected chi connectivity index (χ4v) is 3.46. The molecule has 2 heterocycles. The lowest BCUT2D eigenvalue weighted by molar-refractivity contribution is -0.143. The Morgan fingerprint density at radius 3 is 2.47 bits per heavy atom. The molecule has 0 unspecified atom stereocenters. The quantitative estimate of drug-likeness (QED) is 0.786. The summed E-state index contributed by atoms with van der Waals surface area (Å²) in [5.74, 6) is -1.11. The van der Waals surface area contributed by atoms with Crippen molar-refractivity contribution in [2.75, 3.05) is 56.2 Å². The van der Waals surface area contributed by atoms with Gasteiger partial charge in [-0.15, -0.1) is 0 Å². The van der Waals surface area contributed by atoms with E-state index in [4.69, 9.17) is 9.47 Å². The van der Waals surface area contributed by atoms with E-state index >= 15 is 0 Å². The van der Waals surface area contributed by atoms with Gasteiger partial charge in [-0.05, 0) is 36.4 Å². The molecule has 8 heteroatoms. The Balaban J connectivity index is 1.21. The number of halogens is 1. The van der Waals surface area contributed by atoms with E-state index in [9.17, 15) is 14.0 Å². The van der Waals surface area contributed by atoms with E-state index in [0.29, 0.717) is 13.1 Å². The van der Waals surface area contributed by atoms with Gasteiger partial charge >= 0.3 is 0 Å². The van der Waals surface area contributed by atoms with E-state index in [0.717, 1.165) is 37.7 Å².